The Bertz CT molecular complexity index is 761. The topological polar surface area (TPSA) is 51.5 Å². The van der Waals surface area contributed by atoms with Crippen LogP contribution in [0.1, 0.15) is 38.9 Å². The van der Waals surface area contributed by atoms with Gasteiger partial charge in [0.1, 0.15) is 0 Å². The molecule has 0 N–H and O–H groups in total. The number of hydrogen-bond acceptors (Lipinski definition) is 3. The maximum Gasteiger partial charge on any atom is 0.340 e. The molecule has 0 bridgehead atoms. The highest BCUT2D eigenvalue weighted by Crippen LogP contribution is 2.27. The van der Waals surface area contributed by atoms with Gasteiger partial charge in [0.25, 0.3) is 5.91 Å². The number of carbonyl (C=O) groups excluding carboxylic acids is 2. The third-order valence-corrected chi connectivity index (χ3v) is 3.86. The van der Waals surface area contributed by atoms with Crippen LogP contribution >= 0.6 is 0 Å². The normalized spacial score (nSPS) is 13.4. The summed E-state index contributed by atoms with van der Waals surface area (Å²) >= 11 is 0. The lowest BCUT2D eigenvalue weighted by molar-refractivity contribution is 0.0522. The maximum absolute atomic E-state index is 12.6. The zero-order chi connectivity index (χ0) is 15.9. The lowest BCUT2D eigenvalue weighted by atomic mass is 10.1. The van der Waals surface area contributed by atoms with Crippen molar-refractivity contribution in [1.29, 1.82) is 0 Å². The van der Waals surface area contributed by atoms with E-state index in [2.05, 4.69) is 0 Å². The van der Waals surface area contributed by atoms with Crippen LogP contribution in [-0.4, -0.2) is 35.0 Å². The van der Waals surface area contributed by atoms with Crippen LogP contribution in [0.5, 0.6) is 0 Å². The van der Waals surface area contributed by atoms with Crippen LogP contribution in [-0.2, 0) is 11.3 Å². The van der Waals surface area contributed by atoms with Crippen LogP contribution in [0, 0.1) is 6.92 Å². The predicted molar refractivity (Wildman–Crippen MR) is 82.3 cm³/mol. The molecular formula is C17H18N2O3. The summed E-state index contributed by atoms with van der Waals surface area (Å²) in [5, 5.41) is 0. The summed E-state index contributed by atoms with van der Waals surface area (Å²) in [6.07, 6.45) is 1.82. The van der Waals surface area contributed by atoms with E-state index < -0.39 is 0 Å². The van der Waals surface area contributed by atoms with Crippen molar-refractivity contribution in [2.45, 2.75) is 20.4 Å². The molecule has 0 saturated carbocycles. The van der Waals surface area contributed by atoms with E-state index in [1.165, 1.54) is 0 Å². The number of esters is 1. The lowest BCUT2D eigenvalue weighted by Crippen LogP contribution is -2.25. The van der Waals surface area contributed by atoms with Gasteiger partial charge in [-0.2, -0.15) is 0 Å². The predicted octanol–water partition coefficient (Wildman–Crippen LogP) is 2.55. The molecule has 2 heterocycles. The van der Waals surface area contributed by atoms with Crippen molar-refractivity contribution >= 4 is 11.9 Å². The number of aromatic nitrogens is 1. The monoisotopic (exact) mass is 298 g/mol. The van der Waals surface area contributed by atoms with Gasteiger partial charge in [0, 0.05) is 13.2 Å². The van der Waals surface area contributed by atoms with Crippen molar-refractivity contribution in [1.82, 2.24) is 9.47 Å². The average molecular weight is 298 g/mol. The third kappa shape index (κ3) is 2.19. The highest BCUT2D eigenvalue weighted by atomic mass is 16.5. The molecule has 2 aromatic rings. The molecule has 5 heteroatoms. The molecule has 0 unspecified atom stereocenters. The van der Waals surface area contributed by atoms with Gasteiger partial charge >= 0.3 is 5.97 Å². The molecule has 1 aliphatic rings. The van der Waals surface area contributed by atoms with Crippen molar-refractivity contribution in [2.24, 2.45) is 0 Å². The Morgan fingerprint density at radius 3 is 2.82 bits per heavy atom. The second kappa shape index (κ2) is 5.33. The van der Waals surface area contributed by atoms with Gasteiger partial charge in [-0.3, -0.25) is 4.79 Å². The van der Waals surface area contributed by atoms with Crippen LogP contribution < -0.4 is 0 Å². The van der Waals surface area contributed by atoms with Crippen LogP contribution in [0.4, 0.5) is 0 Å². The molecule has 0 fully saturated rings. The van der Waals surface area contributed by atoms with Crippen LogP contribution in [0.2, 0.25) is 0 Å². The average Bonchev–Trinajstić information content (AvgIpc) is 2.86. The van der Waals surface area contributed by atoms with Gasteiger partial charge in [-0.05, 0) is 32.0 Å². The Morgan fingerprint density at radius 1 is 1.32 bits per heavy atom. The molecule has 1 amide bonds. The number of aryl methyl sites for hydroxylation is 1. The van der Waals surface area contributed by atoms with Gasteiger partial charge < -0.3 is 14.2 Å². The van der Waals surface area contributed by atoms with E-state index in [9.17, 15) is 9.59 Å². The van der Waals surface area contributed by atoms with Gasteiger partial charge in [-0.1, -0.05) is 11.6 Å². The summed E-state index contributed by atoms with van der Waals surface area (Å²) in [6, 6.07) is 7.51. The van der Waals surface area contributed by atoms with Gasteiger partial charge in [-0.25, -0.2) is 4.79 Å². The van der Waals surface area contributed by atoms with Crippen molar-refractivity contribution in [3.8, 4) is 5.69 Å². The largest absolute Gasteiger partial charge is 0.462 e. The second-order valence-corrected chi connectivity index (χ2v) is 5.45. The number of amides is 1. The Morgan fingerprint density at radius 2 is 2.09 bits per heavy atom. The minimum atomic E-state index is -0.354. The number of hydrogen-bond donors (Lipinski definition) is 0. The van der Waals surface area contributed by atoms with Gasteiger partial charge in [0.15, 0.2) is 0 Å². The zero-order valence-electron chi connectivity index (χ0n) is 12.9. The molecule has 5 nitrogen and oxygen atoms in total. The van der Waals surface area contributed by atoms with Crippen molar-refractivity contribution in [3.63, 3.8) is 0 Å². The van der Waals surface area contributed by atoms with E-state index in [0.717, 1.165) is 16.9 Å². The Hall–Kier alpha value is -2.56. The molecule has 3 rings (SSSR count). The molecule has 1 aromatic heterocycles. The number of benzene rings is 1. The first-order chi connectivity index (χ1) is 10.5. The van der Waals surface area contributed by atoms with E-state index in [0.29, 0.717) is 24.3 Å². The molecule has 1 aliphatic heterocycles. The fourth-order valence-electron chi connectivity index (χ4n) is 2.78. The SMILES string of the molecule is CCOC(=O)c1ccn2c1CN(C)C(=O)c1cc(C)ccc1-2. The summed E-state index contributed by atoms with van der Waals surface area (Å²) in [5.74, 6) is -0.398. The standard InChI is InChI=1S/C17H18N2O3/c1-4-22-17(21)12-7-8-19-14-6-5-11(2)9-13(14)16(20)18(3)10-15(12)19/h5-9H,4,10H2,1-3H3. The molecular weight excluding hydrogens is 280 g/mol. The first kappa shape index (κ1) is 14.4. The number of fused-ring (bicyclic) bond motifs is 3. The van der Waals surface area contributed by atoms with Crippen LogP contribution in [0.25, 0.3) is 5.69 Å². The highest BCUT2D eigenvalue weighted by Gasteiger charge is 2.27. The molecule has 114 valence electrons. The van der Waals surface area contributed by atoms with Crippen molar-refractivity contribution < 1.29 is 14.3 Å². The second-order valence-electron chi connectivity index (χ2n) is 5.45. The van der Waals surface area contributed by atoms with E-state index in [1.54, 1.807) is 24.9 Å². The van der Waals surface area contributed by atoms with E-state index >= 15 is 0 Å². The van der Waals surface area contributed by atoms with Crippen LogP contribution in [0.3, 0.4) is 0 Å². The fourth-order valence-corrected chi connectivity index (χ4v) is 2.78. The first-order valence-electron chi connectivity index (χ1n) is 7.26. The molecule has 0 aliphatic carbocycles. The molecule has 1 aromatic carbocycles. The quantitative estimate of drug-likeness (QED) is 0.801. The summed E-state index contributed by atoms with van der Waals surface area (Å²) < 4.78 is 7.01. The first-order valence-corrected chi connectivity index (χ1v) is 7.26. The summed E-state index contributed by atoms with van der Waals surface area (Å²) in [5.41, 5.74) is 3.76. The van der Waals surface area contributed by atoms with Gasteiger partial charge in [-0.15, -0.1) is 0 Å². The number of rotatable bonds is 2. The minimum Gasteiger partial charge on any atom is -0.462 e. The maximum atomic E-state index is 12.6. The molecule has 0 radical (unpaired) electrons. The molecule has 0 saturated heterocycles. The van der Waals surface area contributed by atoms with Crippen molar-refractivity contribution in [3.05, 3.63) is 52.8 Å². The Labute approximate surface area is 129 Å². The van der Waals surface area contributed by atoms with E-state index in [1.807, 2.05) is 35.9 Å². The summed E-state index contributed by atoms with van der Waals surface area (Å²) in [7, 11) is 1.74. The third-order valence-electron chi connectivity index (χ3n) is 3.86. The van der Waals surface area contributed by atoms with E-state index in [-0.39, 0.29) is 11.9 Å². The fraction of sp³-hybridized carbons (Fsp3) is 0.294. The van der Waals surface area contributed by atoms with Crippen LogP contribution in [0.15, 0.2) is 30.5 Å². The minimum absolute atomic E-state index is 0.0443. The highest BCUT2D eigenvalue weighted by molar-refractivity contribution is 5.99. The zero-order valence-corrected chi connectivity index (χ0v) is 12.9. The molecule has 0 atom stereocenters. The van der Waals surface area contributed by atoms with Crippen molar-refractivity contribution in [2.75, 3.05) is 13.7 Å². The summed E-state index contributed by atoms with van der Waals surface area (Å²) in [4.78, 5) is 26.3. The summed E-state index contributed by atoms with van der Waals surface area (Å²) in [6.45, 7) is 4.43. The van der Waals surface area contributed by atoms with Gasteiger partial charge in [0.05, 0.1) is 35.7 Å². The Kier molecular flexibility index (Phi) is 3.48. The molecule has 22 heavy (non-hydrogen) atoms. The van der Waals surface area contributed by atoms with E-state index in [4.69, 9.17) is 4.74 Å². The lowest BCUT2D eigenvalue weighted by Gasteiger charge is -2.15. The number of nitrogens with zero attached hydrogens (tertiary/aromatic N) is 2. The van der Waals surface area contributed by atoms with Gasteiger partial charge in [0.2, 0.25) is 0 Å². The smallest absolute Gasteiger partial charge is 0.340 e. The number of carbonyl (C=O) groups is 2. The number of ether oxygens (including phenoxy) is 1. The molecule has 0 spiro atoms. The Balaban J connectivity index is 2.20.